The molecule has 31 heavy (non-hydrogen) atoms. The standard InChI is InChI=1S/C26H40O5/c1-19(18-31-22-9-5-4-6-10-22)12-14-24-23(20(2)16-25(24)30-3)15-13-21(17-27)8-7-11-26(28)29/h4-6,9-10,12,14,19-21,23-25,27H,7-8,11,13,15-18H2,1-3H3,(H,28,29)/b14-12+/t19-,20+,21+,23+,24-,25-/m1/s1. The summed E-state index contributed by atoms with van der Waals surface area (Å²) in [5, 5.41) is 18.6. The van der Waals surface area contributed by atoms with Gasteiger partial charge < -0.3 is 19.7 Å². The van der Waals surface area contributed by atoms with E-state index < -0.39 is 5.97 Å². The van der Waals surface area contributed by atoms with E-state index in [2.05, 4.69) is 26.0 Å². The molecule has 174 valence electrons. The molecule has 2 N–H and O–H groups in total. The second-order valence-corrected chi connectivity index (χ2v) is 9.13. The Labute approximate surface area is 187 Å². The van der Waals surface area contributed by atoms with Crippen LogP contribution >= 0.6 is 0 Å². The number of hydrogen-bond acceptors (Lipinski definition) is 4. The number of methoxy groups -OCH3 is 1. The van der Waals surface area contributed by atoms with Gasteiger partial charge in [0.1, 0.15) is 5.75 Å². The van der Waals surface area contributed by atoms with E-state index in [0.717, 1.165) is 31.4 Å². The number of aliphatic carboxylic acids is 1. The zero-order valence-electron chi connectivity index (χ0n) is 19.3. The van der Waals surface area contributed by atoms with E-state index in [4.69, 9.17) is 14.6 Å². The van der Waals surface area contributed by atoms with Gasteiger partial charge in [0, 0.05) is 32.0 Å². The highest BCUT2D eigenvalue weighted by Gasteiger charge is 2.39. The summed E-state index contributed by atoms with van der Waals surface area (Å²) in [5.41, 5.74) is 0. The van der Waals surface area contributed by atoms with E-state index in [1.54, 1.807) is 7.11 Å². The van der Waals surface area contributed by atoms with Crippen molar-refractivity contribution >= 4 is 5.97 Å². The van der Waals surface area contributed by atoms with Crippen molar-refractivity contribution in [3.63, 3.8) is 0 Å². The highest BCUT2D eigenvalue weighted by Crippen LogP contribution is 2.43. The van der Waals surface area contributed by atoms with Crippen LogP contribution in [-0.4, -0.2) is 42.6 Å². The third-order valence-electron chi connectivity index (χ3n) is 6.65. The molecule has 1 fully saturated rings. The lowest BCUT2D eigenvalue weighted by Crippen LogP contribution is -2.21. The first-order valence-corrected chi connectivity index (χ1v) is 11.7. The van der Waals surface area contributed by atoms with Crippen LogP contribution in [-0.2, 0) is 9.53 Å². The van der Waals surface area contributed by atoms with Gasteiger partial charge in [0.25, 0.3) is 0 Å². The fourth-order valence-electron chi connectivity index (χ4n) is 4.77. The SMILES string of the molecule is CO[C@@H]1C[C@H](C)[C@H](CC[C@@H](CO)CCCC(=O)O)[C@H]1/C=C/[C@@H](C)COc1ccccc1. The van der Waals surface area contributed by atoms with Crippen molar-refractivity contribution < 1.29 is 24.5 Å². The van der Waals surface area contributed by atoms with E-state index in [1.807, 2.05) is 30.3 Å². The molecule has 2 rings (SSSR count). The van der Waals surface area contributed by atoms with Gasteiger partial charge >= 0.3 is 5.97 Å². The van der Waals surface area contributed by atoms with Gasteiger partial charge in [0.15, 0.2) is 0 Å². The summed E-state index contributed by atoms with van der Waals surface area (Å²) in [4.78, 5) is 10.8. The maximum Gasteiger partial charge on any atom is 0.303 e. The van der Waals surface area contributed by atoms with Crippen LogP contribution in [0.1, 0.15) is 52.4 Å². The van der Waals surface area contributed by atoms with Crippen LogP contribution in [0.2, 0.25) is 0 Å². The molecule has 6 atom stereocenters. The van der Waals surface area contributed by atoms with Gasteiger partial charge in [-0.3, -0.25) is 4.79 Å². The quantitative estimate of drug-likeness (QED) is 0.396. The third kappa shape index (κ3) is 8.66. The topological polar surface area (TPSA) is 76.0 Å². The van der Waals surface area contributed by atoms with Crippen LogP contribution in [0.4, 0.5) is 0 Å². The Kier molecular flexibility index (Phi) is 11.1. The number of aliphatic hydroxyl groups is 1. The Balaban J connectivity index is 1.90. The van der Waals surface area contributed by atoms with E-state index in [9.17, 15) is 9.90 Å². The maximum absolute atomic E-state index is 10.8. The van der Waals surface area contributed by atoms with Crippen LogP contribution in [0.3, 0.4) is 0 Å². The highest BCUT2D eigenvalue weighted by molar-refractivity contribution is 5.66. The number of rotatable bonds is 14. The van der Waals surface area contributed by atoms with Crippen molar-refractivity contribution in [2.75, 3.05) is 20.3 Å². The lowest BCUT2D eigenvalue weighted by atomic mass is 9.82. The Morgan fingerprint density at radius 3 is 2.65 bits per heavy atom. The smallest absolute Gasteiger partial charge is 0.303 e. The van der Waals surface area contributed by atoms with Crippen LogP contribution in [0.15, 0.2) is 42.5 Å². The average Bonchev–Trinajstić information content (AvgIpc) is 3.08. The molecule has 0 aliphatic heterocycles. The van der Waals surface area contributed by atoms with Crippen molar-refractivity contribution in [1.29, 1.82) is 0 Å². The predicted octanol–water partition coefficient (Wildman–Crippen LogP) is 5.19. The molecule has 1 aromatic rings. The molecule has 0 saturated heterocycles. The van der Waals surface area contributed by atoms with Gasteiger partial charge in [-0.2, -0.15) is 0 Å². The van der Waals surface area contributed by atoms with E-state index >= 15 is 0 Å². The second-order valence-electron chi connectivity index (χ2n) is 9.13. The van der Waals surface area contributed by atoms with Gasteiger partial charge in [-0.15, -0.1) is 0 Å². The van der Waals surface area contributed by atoms with Gasteiger partial charge in [-0.25, -0.2) is 0 Å². The van der Waals surface area contributed by atoms with E-state index in [1.165, 1.54) is 0 Å². The first kappa shape index (κ1) is 25.4. The van der Waals surface area contributed by atoms with Crippen LogP contribution < -0.4 is 4.74 Å². The molecule has 5 heteroatoms. The molecule has 1 aromatic carbocycles. The summed E-state index contributed by atoms with van der Waals surface area (Å²) in [6, 6.07) is 9.88. The molecule has 0 bridgehead atoms. The summed E-state index contributed by atoms with van der Waals surface area (Å²) in [6.07, 6.45) is 9.38. The molecule has 0 spiro atoms. The Morgan fingerprint density at radius 2 is 2.00 bits per heavy atom. The van der Waals surface area contributed by atoms with Crippen LogP contribution in [0.25, 0.3) is 0 Å². The van der Waals surface area contributed by atoms with Crippen molar-refractivity contribution in [2.45, 2.75) is 58.5 Å². The second kappa shape index (κ2) is 13.5. The molecule has 0 amide bonds. The summed E-state index contributed by atoms with van der Waals surface area (Å²) >= 11 is 0. The van der Waals surface area contributed by atoms with Gasteiger partial charge in [-0.05, 0) is 62.0 Å². The molecule has 0 heterocycles. The lowest BCUT2D eigenvalue weighted by molar-refractivity contribution is -0.137. The highest BCUT2D eigenvalue weighted by atomic mass is 16.5. The van der Waals surface area contributed by atoms with Crippen molar-refractivity contribution in [1.82, 2.24) is 0 Å². The summed E-state index contributed by atoms with van der Waals surface area (Å²) in [7, 11) is 1.80. The lowest BCUT2D eigenvalue weighted by Gasteiger charge is -2.25. The Morgan fingerprint density at radius 1 is 1.26 bits per heavy atom. The molecule has 1 saturated carbocycles. The van der Waals surface area contributed by atoms with Gasteiger partial charge in [0.2, 0.25) is 0 Å². The average molecular weight is 433 g/mol. The number of carboxylic acids is 1. The minimum atomic E-state index is -0.764. The van der Waals surface area contributed by atoms with Gasteiger partial charge in [0.05, 0.1) is 12.7 Å². The minimum absolute atomic E-state index is 0.128. The molecular formula is C26H40O5. The molecular weight excluding hydrogens is 392 g/mol. The number of ether oxygens (including phenoxy) is 2. The molecule has 0 aromatic heterocycles. The molecule has 0 radical (unpaired) electrons. The summed E-state index contributed by atoms with van der Waals surface area (Å²) < 4.78 is 11.7. The van der Waals surface area contributed by atoms with E-state index in [0.29, 0.717) is 36.7 Å². The fraction of sp³-hybridized carbons (Fsp3) is 0.654. The summed E-state index contributed by atoms with van der Waals surface area (Å²) in [6.45, 7) is 5.23. The molecule has 1 aliphatic carbocycles. The molecule has 5 nitrogen and oxygen atoms in total. The first-order chi connectivity index (χ1) is 14.9. The predicted molar refractivity (Wildman–Crippen MR) is 123 cm³/mol. The number of carboxylic acid groups (broad SMARTS) is 1. The van der Waals surface area contributed by atoms with E-state index in [-0.39, 0.29) is 25.0 Å². The number of hydrogen-bond donors (Lipinski definition) is 2. The monoisotopic (exact) mass is 432 g/mol. The molecule has 1 aliphatic rings. The maximum atomic E-state index is 10.8. The number of benzene rings is 1. The Hall–Kier alpha value is -1.85. The van der Waals surface area contributed by atoms with Crippen molar-refractivity contribution in [3.05, 3.63) is 42.5 Å². The summed E-state index contributed by atoms with van der Waals surface area (Å²) in [5.74, 6) is 2.04. The normalized spacial score (nSPS) is 25.5. The third-order valence-corrected chi connectivity index (χ3v) is 6.65. The van der Waals surface area contributed by atoms with Crippen molar-refractivity contribution in [3.8, 4) is 5.75 Å². The molecule has 0 unspecified atom stereocenters. The number of carbonyl (C=O) groups is 1. The largest absolute Gasteiger partial charge is 0.493 e. The Bertz CT molecular complexity index is 659. The first-order valence-electron chi connectivity index (χ1n) is 11.7. The number of aliphatic hydroxyl groups excluding tert-OH is 1. The van der Waals surface area contributed by atoms with Crippen molar-refractivity contribution in [2.24, 2.45) is 29.6 Å². The zero-order chi connectivity index (χ0) is 22.6. The van der Waals surface area contributed by atoms with Crippen LogP contribution in [0, 0.1) is 29.6 Å². The minimum Gasteiger partial charge on any atom is -0.493 e. The zero-order valence-corrected chi connectivity index (χ0v) is 19.3. The van der Waals surface area contributed by atoms with Gasteiger partial charge in [-0.1, -0.05) is 44.2 Å². The fourth-order valence-corrected chi connectivity index (χ4v) is 4.77. The van der Waals surface area contributed by atoms with Crippen LogP contribution in [0.5, 0.6) is 5.75 Å². The number of para-hydroxylation sites is 1.